The van der Waals surface area contributed by atoms with Crippen molar-refractivity contribution < 1.29 is 8.42 Å². The van der Waals surface area contributed by atoms with Gasteiger partial charge in [-0.1, -0.05) is 0 Å². The number of nitrogens with two attached hydrogens (primary N) is 1. The first kappa shape index (κ1) is 11.6. The van der Waals surface area contributed by atoms with Gasteiger partial charge >= 0.3 is 0 Å². The molecule has 0 radical (unpaired) electrons. The van der Waals surface area contributed by atoms with E-state index in [1.807, 2.05) is 0 Å². The van der Waals surface area contributed by atoms with Crippen LogP contribution in [0.1, 0.15) is 19.3 Å². The average Bonchev–Trinajstić information content (AvgIpc) is 2.59. The molecular formula is C9H16N4O2S. The van der Waals surface area contributed by atoms with Gasteiger partial charge in [-0.3, -0.25) is 4.68 Å². The van der Waals surface area contributed by atoms with E-state index in [1.165, 1.54) is 16.9 Å². The second-order valence-corrected chi connectivity index (χ2v) is 5.87. The molecule has 90 valence electrons. The van der Waals surface area contributed by atoms with E-state index in [9.17, 15) is 8.42 Å². The van der Waals surface area contributed by atoms with Crippen molar-refractivity contribution in [3.05, 3.63) is 12.3 Å². The molecule has 1 aliphatic carbocycles. The molecule has 0 saturated heterocycles. The molecule has 1 fully saturated rings. The second-order valence-electron chi connectivity index (χ2n) is 4.24. The van der Waals surface area contributed by atoms with Gasteiger partial charge in [-0.15, -0.1) is 0 Å². The van der Waals surface area contributed by atoms with E-state index in [4.69, 9.17) is 5.73 Å². The van der Waals surface area contributed by atoms with E-state index in [2.05, 4.69) is 9.82 Å². The molecular weight excluding hydrogens is 228 g/mol. The molecule has 1 aromatic rings. The van der Waals surface area contributed by atoms with Crippen molar-refractivity contribution in [3.63, 3.8) is 0 Å². The normalized spacial score (nSPS) is 19.4. The van der Waals surface area contributed by atoms with Gasteiger partial charge < -0.3 is 5.73 Å². The lowest BCUT2D eigenvalue weighted by atomic mass is 9.78. The lowest BCUT2D eigenvalue weighted by Crippen LogP contribution is -2.58. The Kier molecular flexibility index (Phi) is 2.77. The Morgan fingerprint density at radius 1 is 1.62 bits per heavy atom. The molecule has 16 heavy (non-hydrogen) atoms. The van der Waals surface area contributed by atoms with Crippen molar-refractivity contribution in [1.82, 2.24) is 14.5 Å². The van der Waals surface area contributed by atoms with Gasteiger partial charge in [0.2, 0.25) is 0 Å². The highest BCUT2D eigenvalue weighted by atomic mass is 32.2. The van der Waals surface area contributed by atoms with E-state index < -0.39 is 15.6 Å². The lowest BCUT2D eigenvalue weighted by molar-refractivity contribution is 0.230. The third kappa shape index (κ3) is 1.85. The Balaban J connectivity index is 2.24. The van der Waals surface area contributed by atoms with Gasteiger partial charge in [0, 0.05) is 19.1 Å². The number of hydrogen-bond donors (Lipinski definition) is 2. The van der Waals surface area contributed by atoms with Gasteiger partial charge in [-0.2, -0.15) is 5.10 Å². The summed E-state index contributed by atoms with van der Waals surface area (Å²) in [6, 6.07) is 1.48. The zero-order chi connectivity index (χ0) is 11.8. The summed E-state index contributed by atoms with van der Waals surface area (Å²) in [5, 5.41) is 4.02. The molecule has 7 heteroatoms. The van der Waals surface area contributed by atoms with Gasteiger partial charge in [0.25, 0.3) is 10.0 Å². The Bertz CT molecular complexity index is 470. The van der Waals surface area contributed by atoms with Crippen LogP contribution in [0.25, 0.3) is 0 Å². The smallest absolute Gasteiger partial charge is 0.258 e. The van der Waals surface area contributed by atoms with E-state index >= 15 is 0 Å². The summed E-state index contributed by atoms with van der Waals surface area (Å²) in [7, 11) is -1.91. The zero-order valence-electron chi connectivity index (χ0n) is 9.18. The third-order valence-electron chi connectivity index (χ3n) is 3.10. The topological polar surface area (TPSA) is 90.0 Å². The molecule has 0 bridgehead atoms. The molecule has 0 unspecified atom stereocenters. The van der Waals surface area contributed by atoms with Gasteiger partial charge in [-0.05, 0) is 25.3 Å². The van der Waals surface area contributed by atoms with E-state index in [-0.39, 0.29) is 5.03 Å². The van der Waals surface area contributed by atoms with Gasteiger partial charge in [0.05, 0.1) is 6.20 Å². The maximum absolute atomic E-state index is 12.1. The number of hydrogen-bond acceptors (Lipinski definition) is 4. The van der Waals surface area contributed by atoms with Crippen LogP contribution in [0, 0.1) is 0 Å². The van der Waals surface area contributed by atoms with Crippen LogP contribution in [0.15, 0.2) is 17.3 Å². The number of nitrogens with zero attached hydrogens (tertiary/aromatic N) is 2. The van der Waals surface area contributed by atoms with Crippen molar-refractivity contribution in [2.24, 2.45) is 12.8 Å². The molecule has 2 rings (SSSR count). The first-order valence-corrected chi connectivity index (χ1v) is 6.69. The van der Waals surface area contributed by atoms with Gasteiger partial charge in [-0.25, -0.2) is 13.1 Å². The fourth-order valence-corrected chi connectivity index (χ4v) is 3.51. The highest BCUT2D eigenvalue weighted by Crippen LogP contribution is 2.32. The van der Waals surface area contributed by atoms with Crippen LogP contribution in [0.4, 0.5) is 0 Å². The van der Waals surface area contributed by atoms with Gasteiger partial charge in [0.1, 0.15) is 0 Å². The Hall–Kier alpha value is -0.920. The van der Waals surface area contributed by atoms with Crippen LogP contribution < -0.4 is 10.5 Å². The minimum absolute atomic E-state index is 0.173. The molecule has 0 atom stereocenters. The maximum Gasteiger partial charge on any atom is 0.258 e. The SMILES string of the molecule is Cn1nccc1S(=O)(=O)NC1(CN)CCC1. The number of aromatic nitrogens is 2. The number of nitrogens with one attached hydrogen (secondary N) is 1. The summed E-state index contributed by atoms with van der Waals surface area (Å²) in [5.74, 6) is 0. The van der Waals surface area contributed by atoms with E-state index in [0.717, 1.165) is 19.3 Å². The number of rotatable bonds is 4. The molecule has 1 heterocycles. The second kappa shape index (κ2) is 3.83. The molecule has 0 aliphatic heterocycles. The highest BCUT2D eigenvalue weighted by Gasteiger charge is 2.40. The zero-order valence-corrected chi connectivity index (χ0v) is 10.00. The highest BCUT2D eigenvalue weighted by molar-refractivity contribution is 7.89. The Labute approximate surface area is 94.9 Å². The fraction of sp³-hybridized carbons (Fsp3) is 0.667. The van der Waals surface area contributed by atoms with Gasteiger partial charge in [0.15, 0.2) is 5.03 Å². The summed E-state index contributed by atoms with van der Waals surface area (Å²) in [6.45, 7) is 0.337. The molecule has 1 saturated carbocycles. The van der Waals surface area contributed by atoms with E-state index in [0.29, 0.717) is 6.54 Å². The summed E-state index contributed by atoms with van der Waals surface area (Å²) in [4.78, 5) is 0. The summed E-state index contributed by atoms with van der Waals surface area (Å²) in [5.41, 5.74) is 5.18. The van der Waals surface area contributed by atoms with E-state index in [1.54, 1.807) is 7.05 Å². The summed E-state index contributed by atoms with van der Waals surface area (Å²) in [6.07, 6.45) is 4.09. The molecule has 0 aromatic carbocycles. The first-order valence-electron chi connectivity index (χ1n) is 5.21. The fourth-order valence-electron chi connectivity index (χ4n) is 1.91. The average molecular weight is 244 g/mol. The number of aryl methyl sites for hydroxylation is 1. The molecule has 1 aromatic heterocycles. The lowest BCUT2D eigenvalue weighted by Gasteiger charge is -2.40. The predicted octanol–water partition coefficient (Wildman–Crippen LogP) is -0.420. The number of sulfonamides is 1. The monoisotopic (exact) mass is 244 g/mol. The summed E-state index contributed by atoms with van der Waals surface area (Å²) >= 11 is 0. The Morgan fingerprint density at radius 3 is 2.69 bits per heavy atom. The molecule has 3 N–H and O–H groups in total. The van der Waals surface area contributed by atoms with Crippen molar-refractivity contribution in [3.8, 4) is 0 Å². The molecule has 0 amide bonds. The van der Waals surface area contributed by atoms with Crippen molar-refractivity contribution >= 4 is 10.0 Å². The van der Waals surface area contributed by atoms with Crippen LogP contribution in [-0.2, 0) is 17.1 Å². The maximum atomic E-state index is 12.1. The van der Waals surface area contributed by atoms with Crippen molar-refractivity contribution in [2.75, 3.05) is 6.54 Å². The van der Waals surface area contributed by atoms with Crippen LogP contribution in [0.3, 0.4) is 0 Å². The summed E-state index contributed by atoms with van der Waals surface area (Å²) < 4.78 is 28.1. The van der Waals surface area contributed by atoms with Crippen LogP contribution >= 0.6 is 0 Å². The minimum atomic E-state index is -3.51. The molecule has 0 spiro atoms. The molecule has 6 nitrogen and oxygen atoms in total. The van der Waals surface area contributed by atoms with Crippen LogP contribution in [0.2, 0.25) is 0 Å². The standard InChI is InChI=1S/C9H16N4O2S/c1-13-8(3-6-11-13)16(14,15)12-9(7-10)4-2-5-9/h3,6,12H,2,4-5,7,10H2,1H3. The quantitative estimate of drug-likeness (QED) is 0.752. The molecule has 1 aliphatic rings. The predicted molar refractivity (Wildman–Crippen MR) is 59.2 cm³/mol. The minimum Gasteiger partial charge on any atom is -0.329 e. The Morgan fingerprint density at radius 2 is 2.31 bits per heavy atom. The largest absolute Gasteiger partial charge is 0.329 e. The van der Waals surface area contributed by atoms with Crippen molar-refractivity contribution in [1.29, 1.82) is 0 Å². The first-order chi connectivity index (χ1) is 7.49. The van der Waals surface area contributed by atoms with Crippen LogP contribution in [-0.4, -0.2) is 30.3 Å². The van der Waals surface area contributed by atoms with Crippen LogP contribution in [0.5, 0.6) is 0 Å². The van der Waals surface area contributed by atoms with Crippen molar-refractivity contribution in [2.45, 2.75) is 29.8 Å². The third-order valence-corrected chi connectivity index (χ3v) is 4.76.